The summed E-state index contributed by atoms with van der Waals surface area (Å²) in [5.41, 5.74) is 0. The van der Waals surface area contributed by atoms with Crippen LogP contribution in [0.25, 0.3) is 0 Å². The Morgan fingerprint density at radius 2 is 1.56 bits per heavy atom. The largest absolute Gasteiger partial charge is 0.313 e. The van der Waals surface area contributed by atoms with Crippen molar-refractivity contribution < 1.29 is 0 Å². The van der Waals surface area contributed by atoms with E-state index in [2.05, 4.69) is 38.2 Å². The Kier molecular flexibility index (Phi) is 11.3. The number of rotatable bonds is 11. The second kappa shape index (κ2) is 11.4. The van der Waals surface area contributed by atoms with Gasteiger partial charge < -0.3 is 10.2 Å². The van der Waals surface area contributed by atoms with E-state index in [1.807, 2.05) is 0 Å². The van der Waals surface area contributed by atoms with Crippen molar-refractivity contribution in [2.75, 3.05) is 27.2 Å². The molecule has 0 aromatic heterocycles. The molecule has 0 aliphatic heterocycles. The number of nitrogens with zero attached hydrogens (tertiary/aromatic N) is 1. The van der Waals surface area contributed by atoms with Crippen LogP contribution in [0.2, 0.25) is 0 Å². The molecule has 98 valence electrons. The number of likely N-dealkylation sites (N-methyl/N-ethyl adjacent to an activating group) is 2. The Balaban J connectivity index is 3.44. The molecule has 0 spiro atoms. The summed E-state index contributed by atoms with van der Waals surface area (Å²) in [6.45, 7) is 6.74. The standard InChI is InChI=1S/C14H32N2/c1-5-7-8-9-10-11-12-14(15-6-2)13-16(3)4/h14-15H,5-13H2,1-4H3. The van der Waals surface area contributed by atoms with Gasteiger partial charge in [0.1, 0.15) is 0 Å². The fourth-order valence-electron chi connectivity index (χ4n) is 2.16. The summed E-state index contributed by atoms with van der Waals surface area (Å²) in [4.78, 5) is 2.28. The zero-order valence-corrected chi connectivity index (χ0v) is 11.9. The first-order chi connectivity index (χ1) is 7.70. The monoisotopic (exact) mass is 228 g/mol. The smallest absolute Gasteiger partial charge is 0.0194 e. The van der Waals surface area contributed by atoms with E-state index in [1.165, 1.54) is 51.5 Å². The Labute approximate surface area is 103 Å². The van der Waals surface area contributed by atoms with Gasteiger partial charge in [-0.15, -0.1) is 0 Å². The molecule has 0 heterocycles. The molecule has 2 heteroatoms. The second-order valence-corrected chi connectivity index (χ2v) is 5.07. The van der Waals surface area contributed by atoms with E-state index >= 15 is 0 Å². The third kappa shape index (κ3) is 10.4. The van der Waals surface area contributed by atoms with Crippen molar-refractivity contribution in [1.29, 1.82) is 0 Å². The fourth-order valence-corrected chi connectivity index (χ4v) is 2.16. The Bertz CT molecular complexity index is 135. The summed E-state index contributed by atoms with van der Waals surface area (Å²) in [7, 11) is 4.32. The lowest BCUT2D eigenvalue weighted by atomic mass is 10.1. The van der Waals surface area contributed by atoms with Gasteiger partial charge in [-0.25, -0.2) is 0 Å². The molecule has 0 fully saturated rings. The van der Waals surface area contributed by atoms with Gasteiger partial charge in [0.05, 0.1) is 0 Å². The lowest BCUT2D eigenvalue weighted by Crippen LogP contribution is -2.38. The predicted octanol–water partition coefficient (Wildman–Crippen LogP) is 3.28. The second-order valence-electron chi connectivity index (χ2n) is 5.07. The molecule has 0 saturated carbocycles. The van der Waals surface area contributed by atoms with E-state index in [-0.39, 0.29) is 0 Å². The maximum absolute atomic E-state index is 3.57. The molecule has 16 heavy (non-hydrogen) atoms. The van der Waals surface area contributed by atoms with E-state index in [1.54, 1.807) is 0 Å². The first-order valence-electron chi connectivity index (χ1n) is 7.08. The summed E-state index contributed by atoms with van der Waals surface area (Å²) in [6, 6.07) is 0.686. The summed E-state index contributed by atoms with van der Waals surface area (Å²) in [5.74, 6) is 0. The van der Waals surface area contributed by atoms with Crippen LogP contribution in [0, 0.1) is 0 Å². The van der Waals surface area contributed by atoms with Crippen LogP contribution in [0.3, 0.4) is 0 Å². The van der Waals surface area contributed by atoms with Gasteiger partial charge in [-0.1, -0.05) is 52.4 Å². The summed E-state index contributed by atoms with van der Waals surface area (Å²) in [5, 5.41) is 3.57. The van der Waals surface area contributed by atoms with Crippen LogP contribution in [0.5, 0.6) is 0 Å². The third-order valence-electron chi connectivity index (χ3n) is 2.98. The highest BCUT2D eigenvalue weighted by atomic mass is 15.1. The number of hydrogen-bond donors (Lipinski definition) is 1. The molecule has 0 bridgehead atoms. The molecule has 0 amide bonds. The van der Waals surface area contributed by atoms with E-state index < -0.39 is 0 Å². The lowest BCUT2D eigenvalue weighted by Gasteiger charge is -2.21. The Morgan fingerprint density at radius 1 is 0.938 bits per heavy atom. The highest BCUT2D eigenvalue weighted by Gasteiger charge is 2.07. The molecular formula is C14H32N2. The zero-order valence-electron chi connectivity index (χ0n) is 11.9. The molecule has 0 radical (unpaired) electrons. The van der Waals surface area contributed by atoms with Gasteiger partial charge in [-0.2, -0.15) is 0 Å². The Morgan fingerprint density at radius 3 is 2.12 bits per heavy atom. The quantitative estimate of drug-likeness (QED) is 0.546. The maximum Gasteiger partial charge on any atom is 0.0194 e. The van der Waals surface area contributed by atoms with E-state index in [0.717, 1.165) is 6.54 Å². The predicted molar refractivity (Wildman–Crippen MR) is 74.0 cm³/mol. The van der Waals surface area contributed by atoms with Crippen LogP contribution < -0.4 is 5.32 Å². The van der Waals surface area contributed by atoms with Crippen molar-refractivity contribution in [3.8, 4) is 0 Å². The van der Waals surface area contributed by atoms with Crippen molar-refractivity contribution in [1.82, 2.24) is 10.2 Å². The molecule has 0 aromatic carbocycles. The third-order valence-corrected chi connectivity index (χ3v) is 2.98. The highest BCUT2D eigenvalue weighted by molar-refractivity contribution is 4.68. The number of unbranched alkanes of at least 4 members (excludes halogenated alkanes) is 5. The molecule has 0 aliphatic carbocycles. The minimum absolute atomic E-state index is 0.686. The first-order valence-corrected chi connectivity index (χ1v) is 7.08. The van der Waals surface area contributed by atoms with Gasteiger partial charge in [0.2, 0.25) is 0 Å². The summed E-state index contributed by atoms with van der Waals surface area (Å²) < 4.78 is 0. The molecule has 0 saturated heterocycles. The normalized spacial score (nSPS) is 13.3. The van der Waals surface area contributed by atoms with Crippen LogP contribution in [0.15, 0.2) is 0 Å². The van der Waals surface area contributed by atoms with Crippen LogP contribution in [0.4, 0.5) is 0 Å². The van der Waals surface area contributed by atoms with Gasteiger partial charge >= 0.3 is 0 Å². The molecular weight excluding hydrogens is 196 g/mol. The topological polar surface area (TPSA) is 15.3 Å². The number of hydrogen-bond acceptors (Lipinski definition) is 2. The van der Waals surface area contributed by atoms with E-state index in [4.69, 9.17) is 0 Å². The molecule has 0 aliphatic rings. The van der Waals surface area contributed by atoms with Crippen molar-refractivity contribution in [3.05, 3.63) is 0 Å². The van der Waals surface area contributed by atoms with E-state index in [9.17, 15) is 0 Å². The average Bonchev–Trinajstić information content (AvgIpc) is 2.22. The SMILES string of the molecule is CCCCCCCCC(CN(C)C)NCC. The molecule has 1 N–H and O–H groups in total. The molecule has 0 aromatic rings. The molecule has 2 nitrogen and oxygen atoms in total. The van der Waals surface area contributed by atoms with Crippen LogP contribution in [0.1, 0.15) is 58.8 Å². The first kappa shape index (κ1) is 15.9. The number of nitrogens with one attached hydrogen (secondary N) is 1. The minimum Gasteiger partial charge on any atom is -0.313 e. The van der Waals surface area contributed by atoms with Crippen LogP contribution >= 0.6 is 0 Å². The van der Waals surface area contributed by atoms with Crippen molar-refractivity contribution in [2.45, 2.75) is 64.8 Å². The Hall–Kier alpha value is -0.0800. The average molecular weight is 228 g/mol. The van der Waals surface area contributed by atoms with Gasteiger partial charge in [-0.05, 0) is 27.1 Å². The van der Waals surface area contributed by atoms with Crippen molar-refractivity contribution in [2.24, 2.45) is 0 Å². The van der Waals surface area contributed by atoms with Gasteiger partial charge in [-0.3, -0.25) is 0 Å². The van der Waals surface area contributed by atoms with Crippen molar-refractivity contribution >= 4 is 0 Å². The summed E-state index contributed by atoms with van der Waals surface area (Å²) in [6.07, 6.45) is 9.74. The van der Waals surface area contributed by atoms with Crippen LogP contribution in [-0.2, 0) is 0 Å². The maximum atomic E-state index is 3.57. The van der Waals surface area contributed by atoms with Gasteiger partial charge in [0, 0.05) is 12.6 Å². The molecule has 1 unspecified atom stereocenters. The zero-order chi connectivity index (χ0) is 12.2. The fraction of sp³-hybridized carbons (Fsp3) is 1.00. The minimum atomic E-state index is 0.686. The summed E-state index contributed by atoms with van der Waals surface area (Å²) >= 11 is 0. The van der Waals surface area contributed by atoms with Gasteiger partial charge in [0.25, 0.3) is 0 Å². The van der Waals surface area contributed by atoms with Crippen molar-refractivity contribution in [3.63, 3.8) is 0 Å². The lowest BCUT2D eigenvalue weighted by molar-refractivity contribution is 0.323. The van der Waals surface area contributed by atoms with E-state index in [0.29, 0.717) is 6.04 Å². The molecule has 1 atom stereocenters. The highest BCUT2D eigenvalue weighted by Crippen LogP contribution is 2.09. The van der Waals surface area contributed by atoms with Gasteiger partial charge in [0.15, 0.2) is 0 Å². The molecule has 0 rings (SSSR count). The van der Waals surface area contributed by atoms with Crippen LogP contribution in [-0.4, -0.2) is 38.1 Å².